The molecule has 2 aliphatic heterocycles. The highest BCUT2D eigenvalue weighted by Gasteiger charge is 2.31. The summed E-state index contributed by atoms with van der Waals surface area (Å²) in [4.78, 5) is 34.4. The van der Waals surface area contributed by atoms with Crippen LogP contribution in [0.25, 0.3) is 11.0 Å². The Balaban J connectivity index is 1.43. The summed E-state index contributed by atoms with van der Waals surface area (Å²) >= 11 is 0. The Labute approximate surface area is 234 Å². The number of anilines is 1. The lowest BCUT2D eigenvalue weighted by Gasteiger charge is -2.25. The molecule has 11 heteroatoms. The number of rotatable bonds is 6. The monoisotopic (exact) mass is 565 g/mol. The minimum absolute atomic E-state index is 0.0131. The molecule has 0 radical (unpaired) electrons. The van der Waals surface area contributed by atoms with Gasteiger partial charge in [-0.3, -0.25) is 9.59 Å². The van der Waals surface area contributed by atoms with E-state index in [0.29, 0.717) is 24.2 Å². The van der Waals surface area contributed by atoms with Crippen molar-refractivity contribution in [2.45, 2.75) is 56.9 Å². The zero-order valence-corrected chi connectivity index (χ0v) is 23.7. The van der Waals surface area contributed by atoms with Gasteiger partial charge in [0.2, 0.25) is 17.8 Å². The maximum absolute atomic E-state index is 13.6. The van der Waals surface area contributed by atoms with Crippen LogP contribution >= 0.6 is 0 Å². The zero-order valence-electron chi connectivity index (χ0n) is 22.9. The summed E-state index contributed by atoms with van der Waals surface area (Å²) in [5.74, 6) is 0.359. The van der Waals surface area contributed by atoms with Gasteiger partial charge in [-0.2, -0.15) is 0 Å². The van der Waals surface area contributed by atoms with Gasteiger partial charge in [-0.1, -0.05) is 17.7 Å². The molecule has 0 spiro atoms. The van der Waals surface area contributed by atoms with Crippen LogP contribution in [0.4, 0.5) is 5.69 Å². The molecule has 2 amide bonds. The number of sulfonamides is 1. The molecule has 0 saturated carbocycles. The van der Waals surface area contributed by atoms with Gasteiger partial charge < -0.3 is 19.5 Å². The van der Waals surface area contributed by atoms with E-state index in [1.165, 1.54) is 12.1 Å². The minimum atomic E-state index is -4.00. The highest BCUT2D eigenvalue weighted by atomic mass is 32.2. The average Bonchev–Trinajstić information content (AvgIpc) is 3.55. The molecule has 2 aromatic carbocycles. The first-order chi connectivity index (χ1) is 19.2. The second-order valence-corrected chi connectivity index (χ2v) is 12.2. The van der Waals surface area contributed by atoms with E-state index in [1.807, 2.05) is 26.0 Å². The topological polar surface area (TPSA) is 124 Å². The van der Waals surface area contributed by atoms with Crippen molar-refractivity contribution in [1.29, 1.82) is 0 Å². The van der Waals surface area contributed by atoms with Gasteiger partial charge in [-0.15, -0.1) is 0 Å². The number of amides is 2. The van der Waals surface area contributed by atoms with Crippen molar-refractivity contribution < 1.29 is 22.4 Å². The van der Waals surface area contributed by atoms with Gasteiger partial charge in [0, 0.05) is 30.7 Å². The SMILES string of the molecule is Cc1ccc(S(=O)(=O)NC(=NC2CCCCN(CC(=O)N3CCCC3)C2=O)Nc2ccc3oc(C)cc3c2)cc1. The number of carbonyl (C=O) groups is 2. The van der Waals surface area contributed by atoms with Crippen LogP contribution in [0, 0.1) is 13.8 Å². The summed E-state index contributed by atoms with van der Waals surface area (Å²) in [5.41, 5.74) is 2.22. The Morgan fingerprint density at radius 2 is 1.73 bits per heavy atom. The summed E-state index contributed by atoms with van der Waals surface area (Å²) in [6.45, 7) is 5.66. The fourth-order valence-electron chi connectivity index (χ4n) is 5.13. The fraction of sp³-hybridized carbons (Fsp3) is 0.414. The minimum Gasteiger partial charge on any atom is -0.461 e. The molecule has 1 atom stereocenters. The van der Waals surface area contributed by atoms with Crippen molar-refractivity contribution in [2.24, 2.45) is 4.99 Å². The largest absolute Gasteiger partial charge is 0.461 e. The van der Waals surface area contributed by atoms with Crippen LogP contribution in [0.3, 0.4) is 0 Å². The second-order valence-electron chi connectivity index (χ2n) is 10.5. The van der Waals surface area contributed by atoms with E-state index in [-0.39, 0.29) is 29.2 Å². The third-order valence-electron chi connectivity index (χ3n) is 7.29. The van der Waals surface area contributed by atoms with Gasteiger partial charge in [0.05, 0.1) is 11.4 Å². The average molecular weight is 566 g/mol. The number of hydrogen-bond acceptors (Lipinski definition) is 6. The van der Waals surface area contributed by atoms with E-state index in [9.17, 15) is 18.0 Å². The zero-order chi connectivity index (χ0) is 28.3. The predicted octanol–water partition coefficient (Wildman–Crippen LogP) is 3.80. The van der Waals surface area contributed by atoms with Crippen molar-refractivity contribution in [3.63, 3.8) is 0 Å². The molecule has 40 heavy (non-hydrogen) atoms. The summed E-state index contributed by atoms with van der Waals surface area (Å²) in [6.07, 6.45) is 3.89. The summed E-state index contributed by atoms with van der Waals surface area (Å²) in [7, 11) is -4.00. The second kappa shape index (κ2) is 11.7. The molecule has 0 bridgehead atoms. The Morgan fingerprint density at radius 3 is 2.48 bits per heavy atom. The molecule has 0 aliphatic carbocycles. The number of furan rings is 1. The van der Waals surface area contributed by atoms with Crippen LogP contribution in [0.5, 0.6) is 0 Å². The molecule has 1 unspecified atom stereocenters. The molecule has 10 nitrogen and oxygen atoms in total. The Bertz CT molecular complexity index is 1520. The highest BCUT2D eigenvalue weighted by Crippen LogP contribution is 2.23. The molecule has 1 aromatic heterocycles. The number of carbonyl (C=O) groups excluding carboxylic acids is 2. The molecule has 3 heterocycles. The molecule has 5 rings (SSSR count). The maximum Gasteiger partial charge on any atom is 0.264 e. The number of nitrogens with zero attached hydrogens (tertiary/aromatic N) is 3. The number of guanidine groups is 1. The van der Waals surface area contributed by atoms with Crippen molar-refractivity contribution in [1.82, 2.24) is 14.5 Å². The van der Waals surface area contributed by atoms with E-state index in [4.69, 9.17) is 4.42 Å². The normalized spacial score (nSPS) is 18.7. The van der Waals surface area contributed by atoms with E-state index in [0.717, 1.165) is 55.5 Å². The molecule has 3 aromatic rings. The van der Waals surface area contributed by atoms with E-state index < -0.39 is 16.1 Å². The summed E-state index contributed by atoms with van der Waals surface area (Å²) < 4.78 is 34.8. The van der Waals surface area contributed by atoms with Crippen LogP contribution < -0.4 is 10.0 Å². The summed E-state index contributed by atoms with van der Waals surface area (Å²) in [6, 6.07) is 12.9. The van der Waals surface area contributed by atoms with E-state index in [2.05, 4.69) is 15.0 Å². The molecular weight excluding hydrogens is 530 g/mol. The van der Waals surface area contributed by atoms with Gasteiger partial charge in [0.15, 0.2) is 0 Å². The van der Waals surface area contributed by atoms with Gasteiger partial charge in [0.25, 0.3) is 10.0 Å². The number of nitrogens with one attached hydrogen (secondary N) is 2. The Kier molecular flexibility index (Phi) is 8.11. The summed E-state index contributed by atoms with van der Waals surface area (Å²) in [5, 5.41) is 3.93. The smallest absolute Gasteiger partial charge is 0.264 e. The lowest BCUT2D eigenvalue weighted by Crippen LogP contribution is -2.45. The van der Waals surface area contributed by atoms with E-state index in [1.54, 1.807) is 34.1 Å². The van der Waals surface area contributed by atoms with Gasteiger partial charge in [-0.25, -0.2) is 18.1 Å². The lowest BCUT2D eigenvalue weighted by atomic mass is 10.1. The van der Waals surface area contributed by atoms with Crippen LogP contribution in [-0.2, 0) is 19.6 Å². The predicted molar refractivity (Wildman–Crippen MR) is 154 cm³/mol. The number of aryl methyl sites for hydroxylation is 2. The molecule has 212 valence electrons. The number of fused-ring (bicyclic) bond motifs is 1. The van der Waals surface area contributed by atoms with Crippen LogP contribution in [0.1, 0.15) is 43.4 Å². The Hall–Kier alpha value is -3.86. The van der Waals surface area contributed by atoms with Gasteiger partial charge >= 0.3 is 0 Å². The number of benzene rings is 2. The Morgan fingerprint density at radius 1 is 1.00 bits per heavy atom. The molecule has 2 saturated heterocycles. The number of aliphatic imine (C=N–C) groups is 1. The molecule has 2 aliphatic rings. The fourth-order valence-corrected chi connectivity index (χ4v) is 6.10. The lowest BCUT2D eigenvalue weighted by molar-refractivity contribution is -0.140. The standard InChI is InChI=1S/C29H35N5O5S/c1-20-8-11-24(12-9-20)40(37,38)32-29(30-23-10-13-26-22(18-23)17-21(2)39-26)31-25-7-3-4-16-34(28(25)36)19-27(35)33-14-5-6-15-33/h8-13,17-18,25H,3-7,14-16,19H2,1-2H3,(H2,30,31,32). The first-order valence-corrected chi connectivity index (χ1v) is 15.2. The van der Waals surface area contributed by atoms with Crippen LogP contribution in [0.15, 0.2) is 62.8 Å². The first kappa shape index (κ1) is 27.7. The molecule has 2 N–H and O–H groups in total. The van der Waals surface area contributed by atoms with Crippen molar-refractivity contribution in [2.75, 3.05) is 31.5 Å². The quantitative estimate of drug-likeness (QED) is 0.346. The number of hydrogen-bond donors (Lipinski definition) is 2. The van der Waals surface area contributed by atoms with Crippen molar-refractivity contribution in [3.8, 4) is 0 Å². The molecular formula is C29H35N5O5S. The van der Waals surface area contributed by atoms with Crippen molar-refractivity contribution in [3.05, 3.63) is 59.9 Å². The van der Waals surface area contributed by atoms with Gasteiger partial charge in [-0.05, 0) is 82.3 Å². The first-order valence-electron chi connectivity index (χ1n) is 13.7. The number of likely N-dealkylation sites (tertiary alicyclic amines) is 2. The molecule has 2 fully saturated rings. The van der Waals surface area contributed by atoms with E-state index >= 15 is 0 Å². The maximum atomic E-state index is 13.6. The van der Waals surface area contributed by atoms with Crippen molar-refractivity contribution >= 4 is 44.5 Å². The van der Waals surface area contributed by atoms with Crippen LogP contribution in [0.2, 0.25) is 0 Å². The third-order valence-corrected chi connectivity index (χ3v) is 8.64. The highest BCUT2D eigenvalue weighted by molar-refractivity contribution is 7.90. The third kappa shape index (κ3) is 6.47. The van der Waals surface area contributed by atoms with Gasteiger partial charge in [0.1, 0.15) is 17.4 Å². The van der Waals surface area contributed by atoms with Crippen LogP contribution in [-0.4, -0.2) is 68.2 Å².